The normalized spacial score (nSPS) is 17.3. The van der Waals surface area contributed by atoms with Crippen LogP contribution < -0.4 is 10.6 Å². The van der Waals surface area contributed by atoms with Crippen molar-refractivity contribution in [3.63, 3.8) is 0 Å². The van der Waals surface area contributed by atoms with Gasteiger partial charge in [0.15, 0.2) is 0 Å². The molecule has 0 aliphatic carbocycles. The molecule has 306 valence electrons. The molecule has 9 nitrogen and oxygen atoms in total. The van der Waals surface area contributed by atoms with E-state index in [1.807, 2.05) is 121 Å². The Morgan fingerprint density at radius 1 is 0.413 bits per heavy atom. The molecule has 0 spiro atoms. The fraction of sp³-hybridized carbons (Fsp3) is 0.0370. The van der Waals surface area contributed by atoms with E-state index < -0.39 is 0 Å². The van der Waals surface area contributed by atoms with Crippen molar-refractivity contribution in [2.24, 2.45) is 0 Å². The van der Waals surface area contributed by atoms with E-state index in [1.165, 1.54) is 0 Å². The third kappa shape index (κ3) is 6.50. The quantitative estimate of drug-likeness (QED) is 0.0760. The summed E-state index contributed by atoms with van der Waals surface area (Å²) < 4.78 is 7.16. The number of aromatic nitrogens is 2. The van der Waals surface area contributed by atoms with Crippen molar-refractivity contribution in [2.45, 2.75) is 12.1 Å². The highest BCUT2D eigenvalue weighted by Gasteiger charge is 2.28. The number of para-hydroxylation sites is 6. The maximum Gasteiger partial charge on any atom is 0.143 e. The first-order valence-electron chi connectivity index (χ1n) is 20.7. The molecule has 0 fully saturated rings. The Labute approximate surface area is 362 Å². The van der Waals surface area contributed by atoms with Crippen LogP contribution in [0, 0.1) is 0 Å². The molecule has 0 saturated heterocycles. The molecule has 2 aliphatic heterocycles. The van der Waals surface area contributed by atoms with E-state index in [0.717, 1.165) is 78.3 Å². The Hall–Kier alpha value is -8.56. The molecule has 9 heteroatoms. The molecule has 0 saturated carbocycles. The van der Waals surface area contributed by atoms with E-state index in [9.17, 15) is 20.4 Å². The summed E-state index contributed by atoms with van der Waals surface area (Å²) in [4.78, 5) is 7.19. The van der Waals surface area contributed by atoms with Crippen molar-refractivity contribution < 1.29 is 24.8 Å². The number of hydrogen-bond donors (Lipinski definition) is 8. The van der Waals surface area contributed by atoms with Gasteiger partial charge in [0.05, 0.1) is 12.1 Å². The van der Waals surface area contributed by atoms with Gasteiger partial charge in [0.1, 0.15) is 34.2 Å². The molecular weight excluding hydrogens is 785 g/mol. The van der Waals surface area contributed by atoms with Crippen LogP contribution >= 0.6 is 0 Å². The number of phenols is 4. The molecule has 2 atom stereocenters. The lowest BCUT2D eigenvalue weighted by Crippen LogP contribution is -2.15. The van der Waals surface area contributed by atoms with Crippen molar-refractivity contribution in [1.29, 1.82) is 0 Å². The van der Waals surface area contributed by atoms with Crippen molar-refractivity contribution in [3.8, 4) is 45.5 Å². The van der Waals surface area contributed by atoms with Crippen LogP contribution in [0.15, 0.2) is 198 Å². The van der Waals surface area contributed by atoms with E-state index >= 15 is 0 Å². The van der Waals surface area contributed by atoms with E-state index in [1.54, 1.807) is 36.4 Å². The second kappa shape index (κ2) is 15.2. The third-order valence-corrected chi connectivity index (χ3v) is 12.0. The van der Waals surface area contributed by atoms with E-state index in [0.29, 0.717) is 22.3 Å². The SMILES string of the molecule is Oc1ccccc1-c1ccc(/C(=C2/C=CC(c3ccccc3O)N2)c2cccc3c2oc2c(/C(=C4/C=CC(c5ccccc5O)N4)c4ccc(-c5ccccc5O)[nH]4)cccc23)[nH]1. The van der Waals surface area contributed by atoms with Crippen LogP contribution in [0.25, 0.3) is 55.6 Å². The highest BCUT2D eigenvalue weighted by Crippen LogP contribution is 2.44. The zero-order valence-corrected chi connectivity index (χ0v) is 33.7. The van der Waals surface area contributed by atoms with Crippen LogP contribution in [0.1, 0.15) is 45.7 Å². The van der Waals surface area contributed by atoms with Crippen molar-refractivity contribution in [3.05, 3.63) is 227 Å². The number of hydrogen-bond acceptors (Lipinski definition) is 7. The molecule has 3 aromatic heterocycles. The summed E-state index contributed by atoms with van der Waals surface area (Å²) in [5.41, 5.74) is 12.3. The lowest BCUT2D eigenvalue weighted by atomic mass is 9.96. The number of allylic oxidation sites excluding steroid dienone is 2. The summed E-state index contributed by atoms with van der Waals surface area (Å²) in [5, 5.41) is 52.4. The molecule has 0 radical (unpaired) electrons. The number of benzene rings is 6. The van der Waals surface area contributed by atoms with Gasteiger partial charge in [0.2, 0.25) is 0 Å². The van der Waals surface area contributed by atoms with Crippen molar-refractivity contribution in [1.82, 2.24) is 20.6 Å². The number of H-pyrrole nitrogens is 2. The number of rotatable bonds is 8. The van der Waals surface area contributed by atoms with Gasteiger partial charge >= 0.3 is 0 Å². The molecular formula is C54H40N4O5. The molecule has 2 aliphatic rings. The maximum atomic E-state index is 10.8. The summed E-state index contributed by atoms with van der Waals surface area (Å²) in [7, 11) is 0. The van der Waals surface area contributed by atoms with Gasteiger partial charge in [-0.05, 0) is 72.8 Å². The Morgan fingerprint density at radius 3 is 1.25 bits per heavy atom. The van der Waals surface area contributed by atoms with Crippen molar-refractivity contribution in [2.75, 3.05) is 0 Å². The highest BCUT2D eigenvalue weighted by molar-refractivity contribution is 6.12. The number of fused-ring (bicyclic) bond motifs is 3. The minimum atomic E-state index is -0.281. The Bertz CT molecular complexity index is 3160. The minimum absolute atomic E-state index is 0.170. The Balaban J connectivity index is 1.10. The van der Waals surface area contributed by atoms with Crippen LogP contribution in [0.2, 0.25) is 0 Å². The minimum Gasteiger partial charge on any atom is -0.508 e. The van der Waals surface area contributed by atoms with Gasteiger partial charge in [-0.2, -0.15) is 0 Å². The molecule has 8 N–H and O–H groups in total. The third-order valence-electron chi connectivity index (χ3n) is 12.0. The largest absolute Gasteiger partial charge is 0.508 e. The van der Waals surface area contributed by atoms with E-state index in [2.05, 4.69) is 44.9 Å². The maximum absolute atomic E-state index is 10.8. The predicted molar refractivity (Wildman–Crippen MR) is 248 cm³/mol. The number of nitrogens with one attached hydrogen (secondary N) is 4. The molecule has 0 amide bonds. The standard InChI is InChI=1S/C54H40N4O5/c59-47-19-5-1-11-33(47)39-23-27-43(55-39)51(44-28-24-40(56-44)34-12-2-6-20-48(34)60)37-17-9-15-31-32-16-10-18-38(54(32)63-53(31)37)52(45-29-25-41(57-45)35-13-3-7-21-49(35)61)46-30-26-42(58-46)36-14-4-8-22-50(36)62/h1-30,39,41,55-62H/b51-43-,52-45+. The summed E-state index contributed by atoms with van der Waals surface area (Å²) >= 11 is 0. The average molecular weight is 825 g/mol. The summed E-state index contributed by atoms with van der Waals surface area (Å²) in [5.74, 6) is 0.746. The first kappa shape index (κ1) is 37.4. The second-order valence-corrected chi connectivity index (χ2v) is 15.7. The average Bonchev–Trinajstić information content (AvgIpc) is 4.17. The van der Waals surface area contributed by atoms with Gasteiger partial charge in [-0.15, -0.1) is 0 Å². The van der Waals surface area contributed by atoms with Crippen molar-refractivity contribution >= 4 is 33.1 Å². The smallest absolute Gasteiger partial charge is 0.143 e. The molecule has 9 aromatic rings. The molecule has 5 heterocycles. The second-order valence-electron chi connectivity index (χ2n) is 15.7. The van der Waals surface area contributed by atoms with Gasteiger partial charge in [0, 0.05) is 89.5 Å². The summed E-state index contributed by atoms with van der Waals surface area (Å²) in [6.07, 6.45) is 8.15. The van der Waals surface area contributed by atoms with Gasteiger partial charge in [0.25, 0.3) is 0 Å². The Kier molecular flexibility index (Phi) is 9.01. The van der Waals surface area contributed by atoms with Crippen LogP contribution in [0.5, 0.6) is 23.0 Å². The lowest BCUT2D eigenvalue weighted by Gasteiger charge is -2.17. The zero-order chi connectivity index (χ0) is 42.6. The van der Waals surface area contributed by atoms with Crippen LogP contribution in [-0.2, 0) is 0 Å². The molecule has 11 rings (SSSR count). The van der Waals surface area contributed by atoms with Gasteiger partial charge in [-0.25, -0.2) is 0 Å². The molecule has 63 heavy (non-hydrogen) atoms. The fourth-order valence-electron chi connectivity index (χ4n) is 8.97. The van der Waals surface area contributed by atoms with Crippen LogP contribution in [-0.4, -0.2) is 30.4 Å². The topological polar surface area (TPSA) is 150 Å². The fourth-order valence-corrected chi connectivity index (χ4v) is 8.97. The van der Waals surface area contributed by atoms with Crippen LogP contribution in [0.4, 0.5) is 0 Å². The molecule has 2 unspecified atom stereocenters. The monoisotopic (exact) mass is 824 g/mol. The summed E-state index contributed by atoms with van der Waals surface area (Å²) in [6, 6.07) is 48.8. The first-order chi connectivity index (χ1) is 30.9. The first-order valence-corrected chi connectivity index (χ1v) is 20.7. The van der Waals surface area contributed by atoms with Gasteiger partial charge < -0.3 is 45.4 Å². The van der Waals surface area contributed by atoms with E-state index in [-0.39, 0.29) is 35.1 Å². The zero-order valence-electron chi connectivity index (χ0n) is 33.7. The number of aromatic hydroxyl groups is 4. The molecule has 6 aromatic carbocycles. The lowest BCUT2D eigenvalue weighted by molar-refractivity contribution is 0.463. The van der Waals surface area contributed by atoms with E-state index in [4.69, 9.17) is 4.42 Å². The van der Waals surface area contributed by atoms with Gasteiger partial charge in [-0.1, -0.05) is 109 Å². The predicted octanol–water partition coefficient (Wildman–Crippen LogP) is 11.7. The Morgan fingerprint density at radius 2 is 0.825 bits per heavy atom. The highest BCUT2D eigenvalue weighted by atomic mass is 16.3. The van der Waals surface area contributed by atoms with Crippen LogP contribution in [0.3, 0.4) is 0 Å². The number of phenolic OH excluding ortho intramolecular Hbond substituents is 4. The number of furan rings is 1. The number of aromatic amines is 2. The van der Waals surface area contributed by atoms with Gasteiger partial charge in [-0.3, -0.25) is 0 Å². The molecule has 0 bridgehead atoms. The summed E-state index contributed by atoms with van der Waals surface area (Å²) in [6.45, 7) is 0.